The molecule has 7 atom stereocenters. The monoisotopic (exact) mass is 845 g/mol. The van der Waals surface area contributed by atoms with Crippen LogP contribution in [0.1, 0.15) is 136 Å². The van der Waals surface area contributed by atoms with E-state index in [4.69, 9.17) is 0 Å². The van der Waals surface area contributed by atoms with Gasteiger partial charge >= 0.3 is 0 Å². The summed E-state index contributed by atoms with van der Waals surface area (Å²) in [6.45, 7) is 6.41. The minimum absolute atomic E-state index is 0.0332. The Hall–Kier alpha value is -4.54. The molecule has 0 aromatic heterocycles. The van der Waals surface area contributed by atoms with Gasteiger partial charge in [-0.3, -0.25) is 29.0 Å². The van der Waals surface area contributed by atoms with Crippen LogP contribution in [0.2, 0.25) is 0 Å². The molecule has 10 heteroatoms. The predicted octanol–water partition coefficient (Wildman–Crippen LogP) is 7.65. The molecule has 0 bridgehead atoms. The molecular weight excluding hydrogens is 773 g/mol. The molecule has 0 radical (unpaired) electrons. The lowest BCUT2D eigenvalue weighted by Gasteiger charge is -2.38. The van der Waals surface area contributed by atoms with Crippen molar-refractivity contribution in [1.29, 1.82) is 0 Å². The molecule has 2 saturated heterocycles. The Morgan fingerprint density at radius 1 is 0.581 bits per heavy atom. The Labute approximate surface area is 371 Å². The summed E-state index contributed by atoms with van der Waals surface area (Å²) in [5, 5.41) is 9.67. The normalized spacial score (nSPS) is 24.7. The number of carbonyl (C=O) groups excluding carboxylic acids is 4. The summed E-state index contributed by atoms with van der Waals surface area (Å²) in [4.78, 5) is 61.2. The Morgan fingerprint density at radius 3 is 1.60 bits per heavy atom. The molecule has 3 aromatic rings. The van der Waals surface area contributed by atoms with Crippen LogP contribution in [0.4, 0.5) is 0 Å². The molecule has 2 heterocycles. The molecule has 4 aliphatic rings. The molecule has 0 spiro atoms. The molecule has 2 saturated carbocycles. The lowest BCUT2D eigenvalue weighted by atomic mass is 9.94. The first kappa shape index (κ1) is 45.5. The Bertz CT molecular complexity index is 1820. The van der Waals surface area contributed by atoms with Crippen molar-refractivity contribution in [3.05, 3.63) is 107 Å². The highest BCUT2D eigenvalue weighted by Gasteiger charge is 2.49. The van der Waals surface area contributed by atoms with E-state index in [1.54, 1.807) is 4.90 Å². The molecule has 4 fully saturated rings. The van der Waals surface area contributed by atoms with Crippen molar-refractivity contribution in [2.75, 3.05) is 46.3 Å². The third-order valence-electron chi connectivity index (χ3n) is 13.9. The largest absolute Gasteiger partial charge is 0.355 e. The summed E-state index contributed by atoms with van der Waals surface area (Å²) in [5.41, 5.74) is 4.03. The van der Waals surface area contributed by atoms with Gasteiger partial charge in [0, 0.05) is 75.3 Å². The first-order chi connectivity index (χ1) is 30.3. The SMILES string of the molecule is CCCCCCCCCCCCCCNC(=O)[C@@H]1CN(Cc2ccc(C(=O)N3C[C@@H](C(=O)N[C@H]4C[C@@H]4c4ccccc4)[C@H](C(=O)N[C@H]4C[C@@H]4c4ccccc4)C3)cc2)CCN1C. The standard InChI is InChI=1S/C52H72N6O4/c1-3-4-5-6-7-8-9-10-11-12-13-20-29-53-51(61)48-37-57(31-30-56(48)2)34-38-25-27-41(28-26-38)52(62)58-35-44(49(59)54-46-32-42(46)39-21-16-14-17-22-39)45(36-58)50(60)55-47-33-43(47)40-23-18-15-19-24-40/h14-19,21-28,42-48H,3-13,20,29-37H2,1-2H3,(H,53,61)(H,54,59)(H,55,60)/t42-,43-,44-,45-,46+,47+,48+/m1/s1. The second-order valence-electron chi connectivity index (χ2n) is 18.8. The number of hydrogen-bond donors (Lipinski definition) is 3. The fraction of sp³-hybridized carbons (Fsp3) is 0.577. The van der Waals surface area contributed by atoms with Crippen molar-refractivity contribution in [1.82, 2.24) is 30.7 Å². The van der Waals surface area contributed by atoms with Gasteiger partial charge in [-0.2, -0.15) is 0 Å². The molecule has 4 amide bonds. The van der Waals surface area contributed by atoms with Crippen molar-refractivity contribution in [3.8, 4) is 0 Å². The third kappa shape index (κ3) is 12.8. The first-order valence-corrected chi connectivity index (χ1v) is 24.1. The molecule has 3 aromatic carbocycles. The van der Waals surface area contributed by atoms with Crippen LogP contribution in [0, 0.1) is 11.8 Å². The number of likely N-dealkylation sites (N-methyl/N-ethyl adjacent to an activating group) is 1. The van der Waals surface area contributed by atoms with Gasteiger partial charge in [-0.25, -0.2) is 0 Å². The Balaban J connectivity index is 0.868. The van der Waals surface area contributed by atoms with E-state index in [2.05, 4.69) is 56.9 Å². The zero-order valence-corrected chi connectivity index (χ0v) is 37.4. The van der Waals surface area contributed by atoms with Crippen molar-refractivity contribution >= 4 is 23.6 Å². The molecule has 2 aliphatic carbocycles. The van der Waals surface area contributed by atoms with Crippen molar-refractivity contribution in [2.45, 2.75) is 133 Å². The smallest absolute Gasteiger partial charge is 0.253 e. The summed E-state index contributed by atoms with van der Waals surface area (Å²) in [5.74, 6) is -1.09. The van der Waals surface area contributed by atoms with Crippen LogP contribution < -0.4 is 16.0 Å². The van der Waals surface area contributed by atoms with Crippen LogP contribution in [-0.4, -0.2) is 103 Å². The quantitative estimate of drug-likeness (QED) is 0.0846. The van der Waals surface area contributed by atoms with Gasteiger partial charge in [0.1, 0.15) is 6.04 Å². The molecular formula is C52H72N6O4. The highest BCUT2D eigenvalue weighted by molar-refractivity contribution is 5.97. The summed E-state index contributed by atoms with van der Waals surface area (Å²) in [6.07, 6.45) is 17.4. The Kier molecular flexibility index (Phi) is 16.7. The molecule has 334 valence electrons. The predicted molar refractivity (Wildman–Crippen MR) is 247 cm³/mol. The van der Waals surface area contributed by atoms with E-state index in [0.29, 0.717) is 18.7 Å². The maximum atomic E-state index is 14.0. The second-order valence-corrected chi connectivity index (χ2v) is 18.8. The third-order valence-corrected chi connectivity index (χ3v) is 13.9. The second kappa shape index (κ2) is 22.7. The van der Waals surface area contributed by atoms with Gasteiger partial charge in [-0.05, 0) is 55.1 Å². The zero-order chi connectivity index (χ0) is 43.3. The fourth-order valence-corrected chi connectivity index (χ4v) is 9.77. The van der Waals surface area contributed by atoms with Gasteiger partial charge < -0.3 is 20.9 Å². The maximum Gasteiger partial charge on any atom is 0.253 e. The molecule has 0 unspecified atom stereocenters. The van der Waals surface area contributed by atoms with Gasteiger partial charge in [0.2, 0.25) is 17.7 Å². The van der Waals surface area contributed by atoms with Crippen molar-refractivity contribution in [3.63, 3.8) is 0 Å². The molecule has 3 N–H and O–H groups in total. The summed E-state index contributed by atoms with van der Waals surface area (Å²) < 4.78 is 0. The van der Waals surface area contributed by atoms with E-state index in [0.717, 1.165) is 50.9 Å². The van der Waals surface area contributed by atoms with E-state index < -0.39 is 11.8 Å². The van der Waals surface area contributed by atoms with Gasteiger partial charge in [0.05, 0.1) is 11.8 Å². The van der Waals surface area contributed by atoms with Gasteiger partial charge in [0.25, 0.3) is 5.91 Å². The van der Waals surface area contributed by atoms with E-state index in [1.807, 2.05) is 67.7 Å². The summed E-state index contributed by atoms with van der Waals surface area (Å²) in [6, 6.07) is 28.0. The van der Waals surface area contributed by atoms with Crippen LogP contribution >= 0.6 is 0 Å². The highest BCUT2D eigenvalue weighted by Crippen LogP contribution is 2.42. The van der Waals surface area contributed by atoms with E-state index >= 15 is 0 Å². The molecule has 62 heavy (non-hydrogen) atoms. The van der Waals surface area contributed by atoms with Gasteiger partial charge in [-0.15, -0.1) is 0 Å². The van der Waals surface area contributed by atoms with E-state index in [9.17, 15) is 19.2 Å². The van der Waals surface area contributed by atoms with E-state index in [-0.39, 0.29) is 66.7 Å². The number of unbranched alkanes of at least 4 members (excludes halogenated alkanes) is 11. The highest BCUT2D eigenvalue weighted by atomic mass is 16.2. The number of amides is 4. The van der Waals surface area contributed by atoms with Crippen LogP contribution in [0.25, 0.3) is 0 Å². The number of rotatable bonds is 23. The average Bonchev–Trinajstić information content (AvgIpc) is 4.20. The van der Waals surface area contributed by atoms with Crippen molar-refractivity contribution < 1.29 is 19.2 Å². The van der Waals surface area contributed by atoms with Crippen LogP contribution in [-0.2, 0) is 20.9 Å². The minimum Gasteiger partial charge on any atom is -0.355 e. The lowest BCUT2D eigenvalue weighted by molar-refractivity contribution is -0.133. The fourth-order valence-electron chi connectivity index (χ4n) is 9.77. The number of nitrogens with zero attached hydrogens (tertiary/aromatic N) is 3. The maximum absolute atomic E-state index is 14.0. The number of carbonyl (C=O) groups is 4. The van der Waals surface area contributed by atoms with Crippen LogP contribution in [0.15, 0.2) is 84.9 Å². The molecule has 10 nitrogen and oxygen atoms in total. The average molecular weight is 845 g/mol. The first-order valence-electron chi connectivity index (χ1n) is 24.1. The number of likely N-dealkylation sites (tertiary alicyclic amines) is 1. The summed E-state index contributed by atoms with van der Waals surface area (Å²) in [7, 11) is 2.04. The lowest BCUT2D eigenvalue weighted by Crippen LogP contribution is -2.57. The van der Waals surface area contributed by atoms with Crippen LogP contribution in [0.5, 0.6) is 0 Å². The number of hydrogen-bond acceptors (Lipinski definition) is 6. The number of piperazine rings is 1. The number of benzene rings is 3. The number of nitrogens with one attached hydrogen (secondary N) is 3. The van der Waals surface area contributed by atoms with Gasteiger partial charge in [-0.1, -0.05) is 150 Å². The topological polar surface area (TPSA) is 114 Å². The Morgan fingerprint density at radius 2 is 1.08 bits per heavy atom. The summed E-state index contributed by atoms with van der Waals surface area (Å²) >= 11 is 0. The zero-order valence-electron chi connectivity index (χ0n) is 37.4. The minimum atomic E-state index is -0.629. The van der Waals surface area contributed by atoms with E-state index in [1.165, 1.54) is 75.3 Å². The van der Waals surface area contributed by atoms with Gasteiger partial charge in [0.15, 0.2) is 0 Å². The molecule has 7 rings (SSSR count). The van der Waals surface area contributed by atoms with Crippen molar-refractivity contribution in [2.24, 2.45) is 11.8 Å². The van der Waals surface area contributed by atoms with Crippen LogP contribution in [0.3, 0.4) is 0 Å². The molecule has 2 aliphatic heterocycles.